The third-order valence-electron chi connectivity index (χ3n) is 4.33. The summed E-state index contributed by atoms with van der Waals surface area (Å²) in [5.41, 5.74) is 4.92. The monoisotopic (exact) mass is 410 g/mol. The summed E-state index contributed by atoms with van der Waals surface area (Å²) in [6, 6.07) is 10.4. The molecule has 0 aliphatic heterocycles. The van der Waals surface area contributed by atoms with E-state index in [2.05, 4.69) is 10.9 Å². The molecule has 1 heterocycles. The summed E-state index contributed by atoms with van der Waals surface area (Å²) in [6.07, 6.45) is 1.62. The molecule has 0 saturated heterocycles. The number of aryl methyl sites for hydroxylation is 1. The van der Waals surface area contributed by atoms with Crippen molar-refractivity contribution in [3.63, 3.8) is 0 Å². The number of esters is 1. The van der Waals surface area contributed by atoms with Gasteiger partial charge in [0.15, 0.2) is 0 Å². The van der Waals surface area contributed by atoms with E-state index in [1.807, 2.05) is 12.1 Å². The summed E-state index contributed by atoms with van der Waals surface area (Å²) < 4.78 is 6.61. The van der Waals surface area contributed by atoms with Crippen LogP contribution < -0.4 is 10.9 Å². The molecule has 2 aromatic carbocycles. The number of benzene rings is 2. The number of non-ortho nitro benzene ring substituents is 1. The number of amides is 2. The Morgan fingerprint density at radius 1 is 1.07 bits per heavy atom. The normalized spacial score (nSPS) is 10.5. The highest BCUT2D eigenvalue weighted by atomic mass is 16.6. The van der Waals surface area contributed by atoms with Crippen LogP contribution >= 0.6 is 0 Å². The molecule has 0 radical (unpaired) electrons. The molecule has 0 fully saturated rings. The topological polar surface area (TPSA) is 133 Å². The number of nitro benzene ring substituents is 1. The van der Waals surface area contributed by atoms with Crippen LogP contribution in [0.4, 0.5) is 5.69 Å². The molecule has 1 aromatic heterocycles. The minimum atomic E-state index is -0.821. The molecule has 3 aromatic rings. The molecule has 30 heavy (non-hydrogen) atoms. The predicted octanol–water partition coefficient (Wildman–Crippen LogP) is 2.34. The minimum absolute atomic E-state index is 0.0736. The molecule has 2 N–H and O–H groups in total. The van der Waals surface area contributed by atoms with Crippen molar-refractivity contribution in [2.24, 2.45) is 7.05 Å². The Bertz CT molecular complexity index is 1170. The van der Waals surface area contributed by atoms with Gasteiger partial charge in [0.05, 0.1) is 22.7 Å². The molecule has 0 spiro atoms. The second kappa shape index (κ2) is 8.43. The molecule has 0 aliphatic carbocycles. The second-order valence-corrected chi connectivity index (χ2v) is 6.33. The Kier molecular flexibility index (Phi) is 5.77. The number of nitrogens with one attached hydrogen (secondary N) is 2. The zero-order chi connectivity index (χ0) is 21.8. The summed E-state index contributed by atoms with van der Waals surface area (Å²) in [7, 11) is 1.79. The van der Waals surface area contributed by atoms with E-state index in [0.29, 0.717) is 10.9 Å². The average Bonchev–Trinajstić information content (AvgIpc) is 3.08. The van der Waals surface area contributed by atoms with E-state index < -0.39 is 28.4 Å². The number of hydrazine groups is 1. The number of carbonyl (C=O) groups is 3. The Labute approximate surface area is 170 Å². The summed E-state index contributed by atoms with van der Waals surface area (Å²) in [5.74, 6) is -2.18. The summed E-state index contributed by atoms with van der Waals surface area (Å²) in [5, 5.41) is 11.8. The molecular formula is C20H18N4O6. The van der Waals surface area contributed by atoms with Crippen molar-refractivity contribution in [3.05, 3.63) is 75.5 Å². The molecule has 10 heteroatoms. The first kappa shape index (κ1) is 20.5. The summed E-state index contributed by atoms with van der Waals surface area (Å²) >= 11 is 0. The van der Waals surface area contributed by atoms with Gasteiger partial charge in [0.1, 0.15) is 0 Å². The van der Waals surface area contributed by atoms with Gasteiger partial charge in [-0.05, 0) is 19.1 Å². The Balaban J connectivity index is 1.80. The van der Waals surface area contributed by atoms with Gasteiger partial charge in [-0.1, -0.05) is 18.2 Å². The quantitative estimate of drug-likeness (QED) is 0.377. The zero-order valence-corrected chi connectivity index (χ0v) is 16.2. The van der Waals surface area contributed by atoms with Crippen LogP contribution in [0.1, 0.15) is 38.0 Å². The Morgan fingerprint density at radius 2 is 1.73 bits per heavy atom. The van der Waals surface area contributed by atoms with Gasteiger partial charge >= 0.3 is 5.97 Å². The maximum absolute atomic E-state index is 12.5. The van der Waals surface area contributed by atoms with Gasteiger partial charge in [-0.25, -0.2) is 4.79 Å². The summed E-state index contributed by atoms with van der Waals surface area (Å²) in [6.45, 7) is 1.66. The number of rotatable bonds is 5. The number of nitro groups is 1. The first-order chi connectivity index (χ1) is 14.3. The van der Waals surface area contributed by atoms with Crippen LogP contribution in [0.2, 0.25) is 0 Å². The number of para-hydroxylation sites is 1. The SMILES string of the molecule is CCOC(=O)c1cc(C(=O)NNC(=O)c2cn(C)c3ccccc23)cc([N+](=O)[O-])c1. The van der Waals surface area contributed by atoms with E-state index in [9.17, 15) is 24.5 Å². The van der Waals surface area contributed by atoms with Crippen LogP contribution in [-0.4, -0.2) is 33.9 Å². The van der Waals surface area contributed by atoms with Crippen molar-refractivity contribution in [1.82, 2.24) is 15.4 Å². The molecule has 154 valence electrons. The number of ether oxygens (including phenoxy) is 1. The first-order valence-corrected chi connectivity index (χ1v) is 8.93. The van der Waals surface area contributed by atoms with Gasteiger partial charge in [-0.15, -0.1) is 0 Å². The number of hydrogen-bond acceptors (Lipinski definition) is 6. The van der Waals surface area contributed by atoms with Gasteiger partial charge < -0.3 is 9.30 Å². The minimum Gasteiger partial charge on any atom is -0.462 e. The molecular weight excluding hydrogens is 392 g/mol. The highest BCUT2D eigenvalue weighted by Gasteiger charge is 2.20. The van der Waals surface area contributed by atoms with Crippen molar-refractivity contribution in [2.75, 3.05) is 6.61 Å². The van der Waals surface area contributed by atoms with Gasteiger partial charge in [0.25, 0.3) is 17.5 Å². The van der Waals surface area contributed by atoms with Crippen molar-refractivity contribution >= 4 is 34.4 Å². The third kappa shape index (κ3) is 4.12. The van der Waals surface area contributed by atoms with Gasteiger partial charge in [0.2, 0.25) is 0 Å². The van der Waals surface area contributed by atoms with Crippen molar-refractivity contribution < 1.29 is 24.0 Å². The number of hydrogen-bond donors (Lipinski definition) is 2. The lowest BCUT2D eigenvalue weighted by atomic mass is 10.1. The van der Waals surface area contributed by atoms with E-state index in [1.54, 1.807) is 36.9 Å². The molecule has 0 bridgehead atoms. The van der Waals surface area contributed by atoms with Crippen LogP contribution in [0.3, 0.4) is 0 Å². The largest absolute Gasteiger partial charge is 0.462 e. The Morgan fingerprint density at radius 3 is 2.43 bits per heavy atom. The lowest BCUT2D eigenvalue weighted by molar-refractivity contribution is -0.384. The van der Waals surface area contributed by atoms with Crippen molar-refractivity contribution in [2.45, 2.75) is 6.92 Å². The fourth-order valence-electron chi connectivity index (χ4n) is 2.96. The van der Waals surface area contributed by atoms with Gasteiger partial charge in [0, 0.05) is 41.8 Å². The third-order valence-corrected chi connectivity index (χ3v) is 4.33. The van der Waals surface area contributed by atoms with E-state index in [4.69, 9.17) is 4.74 Å². The van der Waals surface area contributed by atoms with E-state index >= 15 is 0 Å². The van der Waals surface area contributed by atoms with Crippen molar-refractivity contribution in [1.29, 1.82) is 0 Å². The zero-order valence-electron chi connectivity index (χ0n) is 16.2. The number of nitrogens with zero attached hydrogens (tertiary/aromatic N) is 2. The van der Waals surface area contributed by atoms with Crippen LogP contribution in [0, 0.1) is 10.1 Å². The molecule has 10 nitrogen and oxygen atoms in total. The van der Waals surface area contributed by atoms with E-state index in [1.165, 1.54) is 0 Å². The second-order valence-electron chi connectivity index (χ2n) is 6.33. The van der Waals surface area contributed by atoms with E-state index in [0.717, 1.165) is 23.7 Å². The first-order valence-electron chi connectivity index (χ1n) is 8.93. The summed E-state index contributed by atoms with van der Waals surface area (Å²) in [4.78, 5) is 47.3. The maximum atomic E-state index is 12.5. The maximum Gasteiger partial charge on any atom is 0.338 e. The lowest BCUT2D eigenvalue weighted by Crippen LogP contribution is -2.41. The van der Waals surface area contributed by atoms with Gasteiger partial charge in [-0.2, -0.15) is 0 Å². The fourth-order valence-corrected chi connectivity index (χ4v) is 2.96. The highest BCUT2D eigenvalue weighted by Crippen LogP contribution is 2.20. The number of carbonyl (C=O) groups excluding carboxylic acids is 3. The van der Waals surface area contributed by atoms with E-state index in [-0.39, 0.29) is 17.7 Å². The number of fused-ring (bicyclic) bond motifs is 1. The van der Waals surface area contributed by atoms with Crippen LogP contribution in [0.15, 0.2) is 48.7 Å². The molecule has 0 saturated carbocycles. The van der Waals surface area contributed by atoms with Crippen LogP contribution in [0.25, 0.3) is 10.9 Å². The molecule has 2 amide bonds. The highest BCUT2D eigenvalue weighted by molar-refractivity contribution is 6.08. The Hall–Kier alpha value is -4.21. The van der Waals surface area contributed by atoms with Crippen LogP contribution in [0.5, 0.6) is 0 Å². The predicted molar refractivity (Wildman–Crippen MR) is 107 cm³/mol. The fraction of sp³-hybridized carbons (Fsp3) is 0.150. The van der Waals surface area contributed by atoms with Gasteiger partial charge in [-0.3, -0.25) is 30.6 Å². The standard InChI is InChI=1S/C20H18N4O6/c1-3-30-20(27)13-8-12(9-14(10-13)24(28)29)18(25)21-22-19(26)16-11-23(2)17-7-5-4-6-15(16)17/h4-11H,3H2,1-2H3,(H,21,25)(H,22,26). The molecule has 0 unspecified atom stereocenters. The molecule has 0 aliphatic rings. The lowest BCUT2D eigenvalue weighted by Gasteiger charge is -2.08. The molecule has 0 atom stereocenters. The van der Waals surface area contributed by atoms with Crippen molar-refractivity contribution in [3.8, 4) is 0 Å². The average molecular weight is 410 g/mol. The molecule has 3 rings (SSSR count). The number of aromatic nitrogens is 1. The van der Waals surface area contributed by atoms with Crippen LogP contribution in [-0.2, 0) is 11.8 Å². The smallest absolute Gasteiger partial charge is 0.338 e.